The summed E-state index contributed by atoms with van der Waals surface area (Å²) < 4.78 is 11.2. The van der Waals surface area contributed by atoms with E-state index in [2.05, 4.69) is 9.97 Å². The van der Waals surface area contributed by atoms with Gasteiger partial charge in [-0.15, -0.1) is 0 Å². The Labute approximate surface area is 115 Å². The number of imidazole rings is 1. The van der Waals surface area contributed by atoms with Crippen molar-refractivity contribution in [2.24, 2.45) is 0 Å². The largest absolute Gasteiger partial charge is 0.489 e. The first-order valence-electron chi connectivity index (χ1n) is 6.02. The summed E-state index contributed by atoms with van der Waals surface area (Å²) in [6.45, 7) is 1.12. The van der Waals surface area contributed by atoms with Crippen molar-refractivity contribution in [3.63, 3.8) is 0 Å². The highest BCUT2D eigenvalue weighted by atomic mass is 35.5. The fourth-order valence-electron chi connectivity index (χ4n) is 1.95. The van der Waals surface area contributed by atoms with E-state index in [1.54, 1.807) is 12.3 Å². The van der Waals surface area contributed by atoms with Crippen molar-refractivity contribution in [3.05, 3.63) is 29.0 Å². The van der Waals surface area contributed by atoms with Crippen LogP contribution in [0.15, 0.2) is 18.3 Å². The van der Waals surface area contributed by atoms with Crippen LogP contribution in [-0.2, 0) is 6.61 Å². The second-order valence-corrected chi connectivity index (χ2v) is 4.66. The average molecular weight is 281 g/mol. The summed E-state index contributed by atoms with van der Waals surface area (Å²) in [5.74, 6) is 1.85. The summed E-state index contributed by atoms with van der Waals surface area (Å²) in [5.41, 5.74) is 1.45. The van der Waals surface area contributed by atoms with Gasteiger partial charge in [-0.25, -0.2) is 4.98 Å². The zero-order valence-corrected chi connectivity index (χ0v) is 10.9. The Morgan fingerprint density at radius 2 is 2.16 bits per heavy atom. The molecular weight excluding hydrogens is 268 g/mol. The van der Waals surface area contributed by atoms with Gasteiger partial charge in [0.05, 0.1) is 36.7 Å². The zero-order chi connectivity index (χ0) is 13.2. The normalized spacial score (nSPS) is 14.2. The third kappa shape index (κ3) is 2.39. The number of aromatic amines is 1. The Hall–Kier alpha value is -1.72. The van der Waals surface area contributed by atoms with E-state index in [0.717, 1.165) is 12.0 Å². The maximum Gasteiger partial charge on any atom is 0.179 e. The van der Waals surface area contributed by atoms with Crippen LogP contribution in [0.25, 0.3) is 11.4 Å². The van der Waals surface area contributed by atoms with Gasteiger partial charge in [0.2, 0.25) is 0 Å². The highest BCUT2D eigenvalue weighted by Gasteiger charge is 2.17. The summed E-state index contributed by atoms with van der Waals surface area (Å²) in [4.78, 5) is 7.21. The molecule has 2 heterocycles. The summed E-state index contributed by atoms with van der Waals surface area (Å²) in [6, 6.07) is 3.61. The van der Waals surface area contributed by atoms with Gasteiger partial charge >= 0.3 is 0 Å². The minimum atomic E-state index is -0.0781. The van der Waals surface area contributed by atoms with Crippen LogP contribution in [-0.4, -0.2) is 28.3 Å². The van der Waals surface area contributed by atoms with Crippen molar-refractivity contribution >= 4 is 11.6 Å². The number of hydrogen-bond donors (Lipinski definition) is 2. The average Bonchev–Trinajstić information content (AvgIpc) is 2.77. The van der Waals surface area contributed by atoms with Gasteiger partial charge in [0.15, 0.2) is 11.5 Å². The molecule has 5 nitrogen and oxygen atoms in total. The van der Waals surface area contributed by atoms with E-state index >= 15 is 0 Å². The molecule has 1 aliphatic rings. The van der Waals surface area contributed by atoms with Crippen molar-refractivity contribution in [1.82, 2.24) is 9.97 Å². The summed E-state index contributed by atoms with van der Waals surface area (Å²) in [6.07, 6.45) is 2.42. The molecule has 0 amide bonds. The minimum absolute atomic E-state index is 0.0781. The van der Waals surface area contributed by atoms with Crippen molar-refractivity contribution in [2.75, 3.05) is 13.2 Å². The molecule has 0 saturated heterocycles. The van der Waals surface area contributed by atoms with Crippen LogP contribution >= 0.6 is 11.6 Å². The smallest absolute Gasteiger partial charge is 0.179 e. The van der Waals surface area contributed by atoms with Crippen LogP contribution in [0.1, 0.15) is 12.1 Å². The molecule has 0 unspecified atom stereocenters. The second-order valence-electron chi connectivity index (χ2n) is 4.25. The number of nitrogens with zero attached hydrogens (tertiary/aromatic N) is 1. The molecule has 100 valence electrons. The Kier molecular flexibility index (Phi) is 3.31. The quantitative estimate of drug-likeness (QED) is 0.886. The lowest BCUT2D eigenvalue weighted by Gasteiger charge is -2.10. The Morgan fingerprint density at radius 3 is 2.95 bits per heavy atom. The molecule has 0 saturated carbocycles. The standard InChI is InChI=1S/C13H13ClN2O3/c14-10-4-8(13-15-6-9(7-17)16-13)5-11-12(10)19-3-1-2-18-11/h4-6,17H,1-3,7H2,(H,15,16). The third-order valence-electron chi connectivity index (χ3n) is 2.87. The molecule has 0 bridgehead atoms. The number of halogens is 1. The van der Waals surface area contributed by atoms with Gasteiger partial charge in [-0.2, -0.15) is 0 Å². The van der Waals surface area contributed by atoms with Crippen LogP contribution in [0.5, 0.6) is 11.5 Å². The first kappa shape index (κ1) is 12.3. The lowest BCUT2D eigenvalue weighted by molar-refractivity contribution is 0.277. The number of benzene rings is 1. The Bertz CT molecular complexity index is 598. The highest BCUT2D eigenvalue weighted by molar-refractivity contribution is 6.32. The second kappa shape index (κ2) is 5.11. The topological polar surface area (TPSA) is 67.4 Å². The maximum absolute atomic E-state index is 9.04. The molecule has 3 rings (SSSR count). The predicted molar refractivity (Wildman–Crippen MR) is 70.6 cm³/mol. The van der Waals surface area contributed by atoms with E-state index in [1.807, 2.05) is 6.07 Å². The minimum Gasteiger partial charge on any atom is -0.489 e. The first-order chi connectivity index (χ1) is 9.28. The fourth-order valence-corrected chi connectivity index (χ4v) is 2.22. The predicted octanol–water partition coefficient (Wildman–Crippen LogP) is 2.38. The highest BCUT2D eigenvalue weighted by Crippen LogP contribution is 2.40. The molecule has 0 fully saturated rings. The van der Waals surface area contributed by atoms with Gasteiger partial charge in [-0.05, 0) is 12.1 Å². The molecular formula is C13H13ClN2O3. The Morgan fingerprint density at radius 1 is 1.32 bits per heavy atom. The zero-order valence-electron chi connectivity index (χ0n) is 10.1. The number of nitrogens with one attached hydrogen (secondary N) is 1. The SMILES string of the molecule is OCc1cnc(-c2cc(Cl)c3c(c2)OCCCO3)[nH]1. The molecule has 0 radical (unpaired) electrons. The first-order valence-corrected chi connectivity index (χ1v) is 6.40. The number of aliphatic hydroxyl groups excluding tert-OH is 1. The summed E-state index contributed by atoms with van der Waals surface area (Å²) in [5, 5.41) is 9.54. The van der Waals surface area contributed by atoms with Gasteiger partial charge in [-0.1, -0.05) is 11.6 Å². The Balaban J connectivity index is 2.03. The molecule has 1 aromatic carbocycles. The monoisotopic (exact) mass is 280 g/mol. The molecule has 2 aromatic rings. The van der Waals surface area contributed by atoms with Gasteiger partial charge < -0.3 is 19.6 Å². The molecule has 0 atom stereocenters. The molecule has 2 N–H and O–H groups in total. The number of ether oxygens (including phenoxy) is 2. The van der Waals surface area contributed by atoms with Gasteiger partial charge in [-0.3, -0.25) is 0 Å². The summed E-state index contributed by atoms with van der Waals surface area (Å²) in [7, 11) is 0. The van der Waals surface area contributed by atoms with E-state index in [4.69, 9.17) is 26.2 Å². The summed E-state index contributed by atoms with van der Waals surface area (Å²) >= 11 is 6.21. The van der Waals surface area contributed by atoms with E-state index in [1.165, 1.54) is 0 Å². The van der Waals surface area contributed by atoms with Crippen molar-refractivity contribution in [3.8, 4) is 22.9 Å². The molecule has 1 aromatic heterocycles. The lowest BCUT2D eigenvalue weighted by Crippen LogP contribution is -1.97. The number of aromatic nitrogens is 2. The molecule has 6 heteroatoms. The van der Waals surface area contributed by atoms with Crippen LogP contribution in [0.2, 0.25) is 5.02 Å². The number of fused-ring (bicyclic) bond motifs is 1. The number of hydrogen-bond acceptors (Lipinski definition) is 4. The third-order valence-corrected chi connectivity index (χ3v) is 3.16. The van der Waals surface area contributed by atoms with Crippen LogP contribution < -0.4 is 9.47 Å². The van der Waals surface area contributed by atoms with Crippen molar-refractivity contribution in [1.29, 1.82) is 0 Å². The molecule has 0 aliphatic carbocycles. The van der Waals surface area contributed by atoms with Crippen molar-refractivity contribution in [2.45, 2.75) is 13.0 Å². The van der Waals surface area contributed by atoms with Crippen LogP contribution in [0.3, 0.4) is 0 Å². The number of rotatable bonds is 2. The molecule has 1 aliphatic heterocycles. The van der Waals surface area contributed by atoms with E-state index in [-0.39, 0.29) is 6.61 Å². The fraction of sp³-hybridized carbons (Fsp3) is 0.308. The van der Waals surface area contributed by atoms with E-state index < -0.39 is 0 Å². The van der Waals surface area contributed by atoms with Crippen LogP contribution in [0, 0.1) is 0 Å². The van der Waals surface area contributed by atoms with Crippen molar-refractivity contribution < 1.29 is 14.6 Å². The maximum atomic E-state index is 9.04. The van der Waals surface area contributed by atoms with E-state index in [0.29, 0.717) is 41.3 Å². The lowest BCUT2D eigenvalue weighted by atomic mass is 10.2. The molecule has 0 spiro atoms. The van der Waals surface area contributed by atoms with Gasteiger partial charge in [0, 0.05) is 12.0 Å². The van der Waals surface area contributed by atoms with Gasteiger partial charge in [0.25, 0.3) is 0 Å². The van der Waals surface area contributed by atoms with E-state index in [9.17, 15) is 0 Å². The van der Waals surface area contributed by atoms with Crippen LogP contribution in [0.4, 0.5) is 0 Å². The number of H-pyrrole nitrogens is 1. The molecule has 19 heavy (non-hydrogen) atoms. The number of aliphatic hydroxyl groups is 1. The van der Waals surface area contributed by atoms with Gasteiger partial charge in [0.1, 0.15) is 5.82 Å².